The van der Waals surface area contributed by atoms with Crippen molar-refractivity contribution in [2.75, 3.05) is 5.32 Å². The van der Waals surface area contributed by atoms with Crippen molar-refractivity contribution in [3.8, 4) is 0 Å². The number of benzene rings is 2. The van der Waals surface area contributed by atoms with Crippen LogP contribution in [-0.2, 0) is 12.3 Å². The third kappa shape index (κ3) is 4.69. The van der Waals surface area contributed by atoms with Gasteiger partial charge in [-0.2, -0.15) is 9.50 Å². The van der Waals surface area contributed by atoms with Gasteiger partial charge in [0.2, 0.25) is 0 Å². The lowest BCUT2D eigenvalue weighted by Gasteiger charge is -2.11. The summed E-state index contributed by atoms with van der Waals surface area (Å²) in [7, 11) is 0. The fraction of sp³-hybridized carbons (Fsp3) is 0.217. The molecule has 0 bridgehead atoms. The minimum absolute atomic E-state index is 0.146. The van der Waals surface area contributed by atoms with Crippen LogP contribution in [0, 0.1) is 6.92 Å². The molecule has 0 fully saturated rings. The molecule has 0 aliphatic rings. The van der Waals surface area contributed by atoms with Gasteiger partial charge >= 0.3 is 0 Å². The first kappa shape index (κ1) is 20.9. The Morgan fingerprint density at radius 3 is 2.68 bits per heavy atom. The van der Waals surface area contributed by atoms with E-state index in [0.717, 1.165) is 22.6 Å². The topological polar surface area (TPSA) is 81.3 Å². The van der Waals surface area contributed by atoms with Gasteiger partial charge in [0.05, 0.1) is 11.4 Å². The molecule has 0 unspecified atom stereocenters. The van der Waals surface area contributed by atoms with Crippen LogP contribution < -0.4 is 10.9 Å². The second-order valence-corrected chi connectivity index (χ2v) is 8.23. The van der Waals surface area contributed by atoms with Crippen LogP contribution in [0.2, 0.25) is 0 Å². The predicted molar refractivity (Wildman–Crippen MR) is 123 cm³/mol. The van der Waals surface area contributed by atoms with Gasteiger partial charge in [-0.05, 0) is 37.6 Å². The van der Waals surface area contributed by atoms with E-state index in [1.807, 2.05) is 62.4 Å². The number of nitrogens with zero attached hydrogens (tertiary/aromatic N) is 4. The van der Waals surface area contributed by atoms with E-state index in [9.17, 15) is 9.59 Å². The summed E-state index contributed by atoms with van der Waals surface area (Å²) in [5, 5.41) is 2.98. The molecule has 31 heavy (non-hydrogen) atoms. The van der Waals surface area contributed by atoms with Crippen LogP contribution in [0.5, 0.6) is 0 Å². The normalized spacial score (nSPS) is 11.0. The molecule has 1 N–H and O–H groups in total. The summed E-state index contributed by atoms with van der Waals surface area (Å²) < 4.78 is 3.27. The van der Waals surface area contributed by atoms with E-state index in [4.69, 9.17) is 0 Å². The zero-order valence-electron chi connectivity index (χ0n) is 17.4. The maximum Gasteiger partial charge on any atom is 0.274 e. The number of thioether (sulfide) groups is 1. The number of aryl methyl sites for hydroxylation is 2. The van der Waals surface area contributed by atoms with Crippen LogP contribution in [0.4, 0.5) is 5.69 Å². The molecule has 1 amide bonds. The van der Waals surface area contributed by atoms with Gasteiger partial charge in [0.15, 0.2) is 0 Å². The summed E-state index contributed by atoms with van der Waals surface area (Å²) in [4.78, 5) is 34.9. The standard InChI is InChI=1S/C23H23N5O2S/c1-3-12-27-15-24-23-25-18(13-21(29)28(23)27)14-31-20-7-5-4-6-19(20)26-22(30)17-10-8-16(2)9-11-17/h4-11,13,15H,3,12,14H2,1-2H3,(H,26,30). The number of carbonyl (C=O) groups excluding carboxylic acids is 1. The van der Waals surface area contributed by atoms with E-state index in [0.29, 0.717) is 29.3 Å². The highest BCUT2D eigenvalue weighted by Gasteiger charge is 2.12. The first-order valence-electron chi connectivity index (χ1n) is 10.1. The van der Waals surface area contributed by atoms with E-state index < -0.39 is 0 Å². The van der Waals surface area contributed by atoms with Gasteiger partial charge in [-0.1, -0.05) is 36.8 Å². The molecule has 0 saturated carbocycles. The molecule has 2 heterocycles. The lowest BCUT2D eigenvalue weighted by molar-refractivity contribution is 0.102. The predicted octanol–water partition coefficient (Wildman–Crippen LogP) is 4.15. The third-order valence-electron chi connectivity index (χ3n) is 4.77. The summed E-state index contributed by atoms with van der Waals surface area (Å²) in [5.41, 5.74) is 2.94. The van der Waals surface area contributed by atoms with Crippen LogP contribution >= 0.6 is 11.8 Å². The number of fused-ring (bicyclic) bond motifs is 1. The van der Waals surface area contributed by atoms with Crippen molar-refractivity contribution in [3.63, 3.8) is 0 Å². The maximum absolute atomic E-state index is 12.6. The van der Waals surface area contributed by atoms with Crippen LogP contribution in [0.15, 0.2) is 70.6 Å². The lowest BCUT2D eigenvalue weighted by Crippen LogP contribution is -2.21. The van der Waals surface area contributed by atoms with Gasteiger partial charge in [-0.3, -0.25) is 14.3 Å². The second-order valence-electron chi connectivity index (χ2n) is 7.21. The first-order valence-corrected chi connectivity index (χ1v) is 11.1. The molecule has 2 aromatic carbocycles. The van der Waals surface area contributed by atoms with Crippen LogP contribution in [0.1, 0.15) is 35.0 Å². The van der Waals surface area contributed by atoms with Crippen molar-refractivity contribution in [2.45, 2.75) is 37.5 Å². The Labute approximate surface area is 184 Å². The monoisotopic (exact) mass is 433 g/mol. The number of hydrogen-bond donors (Lipinski definition) is 1. The molecule has 0 spiro atoms. The molecule has 4 aromatic rings. The van der Waals surface area contributed by atoms with Gasteiger partial charge < -0.3 is 5.32 Å². The largest absolute Gasteiger partial charge is 0.321 e. The second kappa shape index (κ2) is 9.18. The molecule has 0 aliphatic carbocycles. The molecular formula is C23H23N5O2S. The highest BCUT2D eigenvalue weighted by molar-refractivity contribution is 7.98. The Balaban J connectivity index is 1.51. The Kier molecular flexibility index (Phi) is 6.18. The number of aromatic nitrogens is 4. The van der Waals surface area contributed by atoms with Gasteiger partial charge in [-0.25, -0.2) is 4.98 Å². The summed E-state index contributed by atoms with van der Waals surface area (Å²) in [5.74, 6) is 0.730. The summed E-state index contributed by atoms with van der Waals surface area (Å²) in [6, 6.07) is 16.6. The Bertz CT molecular complexity index is 1280. The van der Waals surface area contributed by atoms with E-state index in [2.05, 4.69) is 15.3 Å². The molecule has 4 rings (SSSR count). The molecule has 0 saturated heterocycles. The highest BCUT2D eigenvalue weighted by Crippen LogP contribution is 2.29. The van der Waals surface area contributed by atoms with Crippen LogP contribution in [-0.4, -0.2) is 25.1 Å². The molecule has 0 atom stereocenters. The van der Waals surface area contributed by atoms with Crippen molar-refractivity contribution in [2.24, 2.45) is 0 Å². The van der Waals surface area contributed by atoms with Gasteiger partial charge in [-0.15, -0.1) is 11.8 Å². The van der Waals surface area contributed by atoms with Crippen LogP contribution in [0.3, 0.4) is 0 Å². The fourth-order valence-electron chi connectivity index (χ4n) is 3.21. The average molecular weight is 434 g/mol. The van der Waals surface area contributed by atoms with Gasteiger partial charge in [0.1, 0.15) is 6.33 Å². The summed E-state index contributed by atoms with van der Waals surface area (Å²) >= 11 is 1.51. The lowest BCUT2D eigenvalue weighted by atomic mass is 10.1. The fourth-order valence-corrected chi connectivity index (χ4v) is 4.11. The van der Waals surface area contributed by atoms with Crippen molar-refractivity contribution >= 4 is 29.1 Å². The van der Waals surface area contributed by atoms with Crippen LogP contribution in [0.25, 0.3) is 5.78 Å². The Hall–Kier alpha value is -3.39. The highest BCUT2D eigenvalue weighted by atomic mass is 32.2. The summed E-state index contributed by atoms with van der Waals surface area (Å²) in [6.45, 7) is 4.74. The maximum atomic E-state index is 12.6. The number of anilines is 1. The van der Waals surface area contributed by atoms with Crippen molar-refractivity contribution in [1.82, 2.24) is 19.2 Å². The minimum atomic E-state index is -0.160. The number of nitrogens with one attached hydrogen (secondary N) is 1. The number of rotatable bonds is 7. The Morgan fingerprint density at radius 1 is 1.13 bits per heavy atom. The number of hydrogen-bond acceptors (Lipinski definition) is 5. The van der Waals surface area contributed by atoms with E-state index in [1.54, 1.807) is 17.1 Å². The van der Waals surface area contributed by atoms with Crippen molar-refractivity contribution in [3.05, 3.63) is 88.1 Å². The molecule has 8 heteroatoms. The summed E-state index contributed by atoms with van der Waals surface area (Å²) in [6.07, 6.45) is 2.54. The Morgan fingerprint density at radius 2 is 1.90 bits per heavy atom. The molecular weight excluding hydrogens is 410 g/mol. The smallest absolute Gasteiger partial charge is 0.274 e. The van der Waals surface area contributed by atoms with Crippen molar-refractivity contribution in [1.29, 1.82) is 0 Å². The molecule has 158 valence electrons. The van der Waals surface area contributed by atoms with E-state index in [-0.39, 0.29) is 11.5 Å². The average Bonchev–Trinajstić information content (AvgIpc) is 3.17. The zero-order chi connectivity index (χ0) is 21.8. The van der Waals surface area contributed by atoms with E-state index >= 15 is 0 Å². The number of para-hydroxylation sites is 1. The number of carbonyl (C=O) groups is 1. The van der Waals surface area contributed by atoms with Gasteiger partial charge in [0.25, 0.3) is 17.2 Å². The molecule has 7 nitrogen and oxygen atoms in total. The molecule has 2 aromatic heterocycles. The first-order chi connectivity index (χ1) is 15.0. The third-order valence-corrected chi connectivity index (χ3v) is 5.88. The van der Waals surface area contributed by atoms with Crippen molar-refractivity contribution < 1.29 is 4.79 Å². The SMILES string of the molecule is CCCn1cnc2nc(CSc3ccccc3NC(=O)c3ccc(C)cc3)cc(=O)n21. The minimum Gasteiger partial charge on any atom is -0.321 e. The number of amides is 1. The molecule has 0 aliphatic heterocycles. The quantitative estimate of drug-likeness (QED) is 0.443. The molecule has 0 radical (unpaired) electrons. The van der Waals surface area contributed by atoms with Gasteiger partial charge in [0, 0.05) is 28.8 Å². The van der Waals surface area contributed by atoms with E-state index in [1.165, 1.54) is 16.3 Å². The zero-order valence-corrected chi connectivity index (χ0v) is 18.2.